The van der Waals surface area contributed by atoms with Crippen molar-refractivity contribution in [2.45, 2.75) is 0 Å². The highest BCUT2D eigenvalue weighted by atomic mass is 16.5. The van der Waals surface area contributed by atoms with Gasteiger partial charge in [-0.25, -0.2) is 0 Å². The second-order valence-electron chi connectivity index (χ2n) is 3.85. The Kier molecular flexibility index (Phi) is 2.58. The van der Waals surface area contributed by atoms with E-state index in [0.717, 1.165) is 5.56 Å². The number of nitrogens with zero attached hydrogens (tertiary/aromatic N) is 5. The lowest BCUT2D eigenvalue weighted by atomic mass is 10.2. The molecule has 0 aliphatic heterocycles. The Balaban J connectivity index is 2.24. The number of rotatable bonds is 2. The number of ether oxygens (including phenoxy) is 1. The van der Waals surface area contributed by atoms with Crippen molar-refractivity contribution in [2.75, 3.05) is 7.11 Å². The van der Waals surface area contributed by atoms with Crippen LogP contribution in [0.15, 0.2) is 36.8 Å². The van der Waals surface area contributed by atoms with Crippen molar-refractivity contribution in [3.63, 3.8) is 0 Å². The molecule has 0 fully saturated rings. The number of fused-ring (bicyclic) bond motifs is 1. The lowest BCUT2D eigenvalue weighted by Gasteiger charge is -2.05. The van der Waals surface area contributed by atoms with Gasteiger partial charge in [-0.3, -0.25) is 9.38 Å². The maximum Gasteiger partial charge on any atom is 0.172 e. The summed E-state index contributed by atoms with van der Waals surface area (Å²) in [6.07, 6.45) is 5.06. The number of aromatic nitrogens is 4. The highest BCUT2D eigenvalue weighted by Gasteiger charge is 2.12. The van der Waals surface area contributed by atoms with Crippen LogP contribution < -0.4 is 4.74 Å². The molecule has 0 saturated heterocycles. The number of nitriles is 1. The fraction of sp³-hybridized carbons (Fsp3) is 0.0769. The lowest BCUT2D eigenvalue weighted by molar-refractivity contribution is 0.414. The molecule has 0 amide bonds. The molecule has 6 heteroatoms. The van der Waals surface area contributed by atoms with E-state index in [1.54, 1.807) is 42.2 Å². The smallest absolute Gasteiger partial charge is 0.172 e. The Bertz CT molecular complexity index is 787. The average Bonchev–Trinajstić information content (AvgIpc) is 2.89. The first-order valence-electron chi connectivity index (χ1n) is 5.57. The van der Waals surface area contributed by atoms with E-state index < -0.39 is 0 Å². The van der Waals surface area contributed by atoms with Gasteiger partial charge in [-0.2, -0.15) is 5.26 Å². The predicted molar refractivity (Wildman–Crippen MR) is 67.5 cm³/mol. The zero-order chi connectivity index (χ0) is 13.2. The van der Waals surface area contributed by atoms with E-state index in [2.05, 4.69) is 21.3 Å². The highest BCUT2D eigenvalue weighted by molar-refractivity contribution is 5.66. The summed E-state index contributed by atoms with van der Waals surface area (Å²) in [5.41, 5.74) is 1.97. The predicted octanol–water partition coefficient (Wildman–Crippen LogP) is 1.67. The molecule has 0 aliphatic rings. The standard InChI is InChI=1S/C13H9N5O/c1-19-11-8-15-4-2-10(11)13-17-16-12-6-9(7-14)3-5-18(12)13/h2-6,8H,1H3. The summed E-state index contributed by atoms with van der Waals surface area (Å²) in [5, 5.41) is 17.1. The highest BCUT2D eigenvalue weighted by Crippen LogP contribution is 2.27. The number of pyridine rings is 2. The molecule has 0 saturated carbocycles. The van der Waals surface area contributed by atoms with E-state index in [-0.39, 0.29) is 0 Å². The van der Waals surface area contributed by atoms with Gasteiger partial charge < -0.3 is 4.74 Å². The zero-order valence-corrected chi connectivity index (χ0v) is 10.1. The normalized spacial score (nSPS) is 10.3. The molecule has 19 heavy (non-hydrogen) atoms. The molecule has 3 rings (SSSR count). The van der Waals surface area contributed by atoms with Crippen LogP contribution in [0.3, 0.4) is 0 Å². The molecule has 0 aliphatic carbocycles. The van der Waals surface area contributed by atoms with Crippen molar-refractivity contribution in [2.24, 2.45) is 0 Å². The van der Waals surface area contributed by atoms with Crippen LogP contribution >= 0.6 is 0 Å². The van der Waals surface area contributed by atoms with Crippen molar-refractivity contribution in [1.82, 2.24) is 19.6 Å². The third-order valence-electron chi connectivity index (χ3n) is 2.78. The Hall–Kier alpha value is -2.94. The topological polar surface area (TPSA) is 76.1 Å². The molecular weight excluding hydrogens is 242 g/mol. The zero-order valence-electron chi connectivity index (χ0n) is 10.1. The molecule has 0 unspecified atom stereocenters. The minimum Gasteiger partial charge on any atom is -0.494 e. The Morgan fingerprint density at radius 1 is 1.32 bits per heavy atom. The summed E-state index contributed by atoms with van der Waals surface area (Å²) in [6.45, 7) is 0. The molecule has 0 N–H and O–H groups in total. The van der Waals surface area contributed by atoms with Crippen molar-refractivity contribution >= 4 is 5.65 Å². The summed E-state index contributed by atoms with van der Waals surface area (Å²) in [4.78, 5) is 4.01. The maximum absolute atomic E-state index is 8.87. The average molecular weight is 251 g/mol. The van der Waals surface area contributed by atoms with Crippen molar-refractivity contribution in [1.29, 1.82) is 5.26 Å². The summed E-state index contributed by atoms with van der Waals surface area (Å²) >= 11 is 0. The van der Waals surface area contributed by atoms with Crippen molar-refractivity contribution < 1.29 is 4.74 Å². The van der Waals surface area contributed by atoms with Gasteiger partial charge in [0.15, 0.2) is 11.5 Å². The molecule has 0 bridgehead atoms. The second-order valence-corrected chi connectivity index (χ2v) is 3.85. The first-order chi connectivity index (χ1) is 9.33. The Labute approximate surface area is 108 Å². The molecule has 92 valence electrons. The SMILES string of the molecule is COc1cnccc1-c1nnc2cc(C#N)ccn12. The molecule has 3 aromatic heterocycles. The number of methoxy groups -OCH3 is 1. The van der Waals surface area contributed by atoms with Gasteiger partial charge in [0.2, 0.25) is 0 Å². The molecular formula is C13H9N5O. The van der Waals surface area contributed by atoms with Crippen LogP contribution in [0.2, 0.25) is 0 Å². The Morgan fingerprint density at radius 2 is 2.21 bits per heavy atom. The second kappa shape index (κ2) is 4.38. The minimum absolute atomic E-state index is 0.549. The lowest BCUT2D eigenvalue weighted by Crippen LogP contribution is -1.94. The van der Waals surface area contributed by atoms with Gasteiger partial charge >= 0.3 is 0 Å². The van der Waals surface area contributed by atoms with E-state index in [0.29, 0.717) is 22.8 Å². The molecule has 0 aromatic carbocycles. The summed E-state index contributed by atoms with van der Waals surface area (Å²) in [5.74, 6) is 1.28. The quantitative estimate of drug-likeness (QED) is 0.692. The van der Waals surface area contributed by atoms with Crippen LogP contribution in [0.5, 0.6) is 5.75 Å². The molecule has 3 aromatic rings. The van der Waals surface area contributed by atoms with Crippen LogP contribution in [0.1, 0.15) is 5.56 Å². The third-order valence-corrected chi connectivity index (χ3v) is 2.78. The monoisotopic (exact) mass is 251 g/mol. The van der Waals surface area contributed by atoms with E-state index in [4.69, 9.17) is 10.00 Å². The van der Waals surface area contributed by atoms with E-state index in [9.17, 15) is 0 Å². The van der Waals surface area contributed by atoms with E-state index in [1.807, 2.05) is 6.07 Å². The molecule has 0 atom stereocenters. The third kappa shape index (κ3) is 1.77. The van der Waals surface area contributed by atoms with E-state index >= 15 is 0 Å². The van der Waals surface area contributed by atoms with Crippen LogP contribution in [-0.2, 0) is 0 Å². The van der Waals surface area contributed by atoms with Crippen LogP contribution in [0.4, 0.5) is 0 Å². The molecule has 0 radical (unpaired) electrons. The van der Waals surface area contributed by atoms with Crippen molar-refractivity contribution in [3.05, 3.63) is 42.4 Å². The van der Waals surface area contributed by atoms with Crippen molar-refractivity contribution in [3.8, 4) is 23.2 Å². The summed E-state index contributed by atoms with van der Waals surface area (Å²) in [6, 6.07) is 7.29. The molecule has 0 spiro atoms. The van der Waals surface area contributed by atoms with Gasteiger partial charge in [-0.05, 0) is 12.1 Å². The summed E-state index contributed by atoms with van der Waals surface area (Å²) in [7, 11) is 1.58. The van der Waals surface area contributed by atoms with Gasteiger partial charge in [-0.1, -0.05) is 0 Å². The van der Waals surface area contributed by atoms with E-state index in [1.165, 1.54) is 0 Å². The Morgan fingerprint density at radius 3 is 3.00 bits per heavy atom. The van der Waals surface area contributed by atoms with Gasteiger partial charge in [0.05, 0.1) is 30.5 Å². The summed E-state index contributed by atoms with van der Waals surface area (Å²) < 4.78 is 7.07. The van der Waals surface area contributed by atoms with Crippen LogP contribution in [0, 0.1) is 11.3 Å². The largest absolute Gasteiger partial charge is 0.494 e. The first kappa shape index (κ1) is 11.2. The molecule has 6 nitrogen and oxygen atoms in total. The van der Waals surface area contributed by atoms with Gasteiger partial charge in [0.1, 0.15) is 5.75 Å². The molecule has 3 heterocycles. The van der Waals surface area contributed by atoms with Gasteiger partial charge in [0, 0.05) is 18.5 Å². The fourth-order valence-corrected chi connectivity index (χ4v) is 1.87. The number of hydrogen-bond acceptors (Lipinski definition) is 5. The van der Waals surface area contributed by atoms with Gasteiger partial charge in [0.25, 0.3) is 0 Å². The minimum atomic E-state index is 0.549. The first-order valence-corrected chi connectivity index (χ1v) is 5.57. The maximum atomic E-state index is 8.87. The van der Waals surface area contributed by atoms with Crippen LogP contribution in [0.25, 0.3) is 17.0 Å². The van der Waals surface area contributed by atoms with Crippen LogP contribution in [-0.4, -0.2) is 26.7 Å². The van der Waals surface area contributed by atoms with Gasteiger partial charge in [-0.15, -0.1) is 10.2 Å². The number of hydrogen-bond donors (Lipinski definition) is 0. The fourth-order valence-electron chi connectivity index (χ4n) is 1.87.